The van der Waals surface area contributed by atoms with E-state index < -0.39 is 10.0 Å². The van der Waals surface area contributed by atoms with E-state index >= 15 is 0 Å². The highest BCUT2D eigenvalue weighted by Gasteiger charge is 2.19. The van der Waals surface area contributed by atoms with Crippen molar-refractivity contribution in [3.05, 3.63) is 53.6 Å². The first-order valence-electron chi connectivity index (χ1n) is 9.36. The fourth-order valence-electron chi connectivity index (χ4n) is 2.80. The minimum absolute atomic E-state index is 0.0431. The number of nitrogens with one attached hydrogen (secondary N) is 2. The molecule has 0 spiro atoms. The van der Waals surface area contributed by atoms with E-state index in [4.69, 9.17) is 4.74 Å². The van der Waals surface area contributed by atoms with Crippen LogP contribution in [-0.2, 0) is 10.0 Å². The molecule has 2 N–H and O–H groups in total. The Balaban J connectivity index is 2.21. The number of methoxy groups -OCH3 is 1. The van der Waals surface area contributed by atoms with Gasteiger partial charge in [-0.2, -0.15) is 0 Å². The number of carbonyl (C=O) groups excluding carboxylic acids is 1. The van der Waals surface area contributed by atoms with Crippen molar-refractivity contribution in [3.8, 4) is 5.75 Å². The summed E-state index contributed by atoms with van der Waals surface area (Å²) in [6.07, 6.45) is 1.96. The van der Waals surface area contributed by atoms with Crippen molar-refractivity contribution in [3.63, 3.8) is 0 Å². The van der Waals surface area contributed by atoms with Gasteiger partial charge in [-0.1, -0.05) is 32.8 Å². The highest BCUT2D eigenvalue weighted by atomic mass is 32.2. The topological polar surface area (TPSA) is 84.5 Å². The van der Waals surface area contributed by atoms with E-state index in [1.165, 1.54) is 12.1 Å². The molecular formula is C21H28N2O4S. The minimum Gasteiger partial charge on any atom is -0.497 e. The second-order valence-electron chi connectivity index (χ2n) is 6.70. The van der Waals surface area contributed by atoms with Gasteiger partial charge in [0.15, 0.2) is 0 Å². The van der Waals surface area contributed by atoms with Crippen LogP contribution in [0.25, 0.3) is 0 Å². The average Bonchev–Trinajstić information content (AvgIpc) is 2.69. The molecule has 2 aromatic carbocycles. The van der Waals surface area contributed by atoms with Gasteiger partial charge in [0.1, 0.15) is 5.75 Å². The summed E-state index contributed by atoms with van der Waals surface area (Å²) in [7, 11) is -2.27. The van der Waals surface area contributed by atoms with E-state index in [1.807, 2.05) is 0 Å². The summed E-state index contributed by atoms with van der Waals surface area (Å²) < 4.78 is 33.1. The lowest BCUT2D eigenvalue weighted by Gasteiger charge is -2.15. The lowest BCUT2D eigenvalue weighted by molar-refractivity contribution is 0.0945. The maximum absolute atomic E-state index is 12.7. The Bertz CT molecular complexity index is 905. The molecule has 0 saturated carbocycles. The first-order valence-corrected chi connectivity index (χ1v) is 10.8. The summed E-state index contributed by atoms with van der Waals surface area (Å²) in [6, 6.07) is 11.1. The van der Waals surface area contributed by atoms with Crippen LogP contribution in [0.1, 0.15) is 42.6 Å². The highest BCUT2D eigenvalue weighted by molar-refractivity contribution is 7.92. The molecule has 152 valence electrons. The molecule has 0 aliphatic carbocycles. The summed E-state index contributed by atoms with van der Waals surface area (Å²) in [5, 5.41) is 2.91. The third kappa shape index (κ3) is 5.48. The number of carbonyl (C=O) groups is 1. The molecule has 0 saturated heterocycles. The van der Waals surface area contributed by atoms with E-state index in [9.17, 15) is 13.2 Å². The SMILES string of the molecule is CCC(CC)CNC(=O)c1cc(S(=O)(=O)Nc2ccc(OC)cc2)ccc1C. The van der Waals surface area contributed by atoms with Gasteiger partial charge in [0, 0.05) is 17.8 Å². The molecule has 1 amide bonds. The van der Waals surface area contributed by atoms with E-state index in [-0.39, 0.29) is 10.8 Å². The first-order chi connectivity index (χ1) is 13.3. The molecule has 6 nitrogen and oxygen atoms in total. The Morgan fingerprint density at radius 1 is 1.07 bits per heavy atom. The number of amides is 1. The van der Waals surface area contributed by atoms with Gasteiger partial charge in [-0.3, -0.25) is 9.52 Å². The van der Waals surface area contributed by atoms with Crippen molar-refractivity contribution in [1.82, 2.24) is 5.32 Å². The van der Waals surface area contributed by atoms with Gasteiger partial charge in [0.25, 0.3) is 15.9 Å². The summed E-state index contributed by atoms with van der Waals surface area (Å²) in [5.41, 5.74) is 1.51. The molecule has 0 heterocycles. The third-order valence-electron chi connectivity index (χ3n) is 4.81. The first kappa shape index (κ1) is 21.8. The van der Waals surface area contributed by atoms with Crippen molar-refractivity contribution in [1.29, 1.82) is 0 Å². The van der Waals surface area contributed by atoms with Gasteiger partial charge in [-0.15, -0.1) is 0 Å². The fourth-order valence-corrected chi connectivity index (χ4v) is 3.88. The molecule has 2 aromatic rings. The van der Waals surface area contributed by atoms with Crippen LogP contribution in [0.5, 0.6) is 5.75 Å². The van der Waals surface area contributed by atoms with Crippen molar-refractivity contribution in [2.24, 2.45) is 5.92 Å². The molecule has 0 aliphatic heterocycles. The monoisotopic (exact) mass is 404 g/mol. The van der Waals surface area contributed by atoms with Crippen molar-refractivity contribution >= 4 is 21.6 Å². The predicted octanol–water partition coefficient (Wildman–Crippen LogP) is 3.97. The normalized spacial score (nSPS) is 11.3. The van der Waals surface area contributed by atoms with Crippen molar-refractivity contribution in [2.75, 3.05) is 18.4 Å². The molecule has 2 rings (SSSR count). The van der Waals surface area contributed by atoms with Crippen LogP contribution >= 0.6 is 0 Å². The summed E-state index contributed by atoms with van der Waals surface area (Å²) in [5.74, 6) is 0.786. The van der Waals surface area contributed by atoms with Crippen LogP contribution in [0.15, 0.2) is 47.4 Å². The third-order valence-corrected chi connectivity index (χ3v) is 6.19. The smallest absolute Gasteiger partial charge is 0.261 e. The number of sulfonamides is 1. The van der Waals surface area contributed by atoms with Gasteiger partial charge >= 0.3 is 0 Å². The zero-order chi connectivity index (χ0) is 20.7. The Hall–Kier alpha value is -2.54. The van der Waals surface area contributed by atoms with E-state index in [0.717, 1.165) is 18.4 Å². The van der Waals surface area contributed by atoms with E-state index in [0.29, 0.717) is 29.5 Å². The molecule has 0 unspecified atom stereocenters. The lowest BCUT2D eigenvalue weighted by Crippen LogP contribution is -2.29. The quantitative estimate of drug-likeness (QED) is 0.662. The van der Waals surface area contributed by atoms with Crippen LogP contribution in [0, 0.1) is 12.8 Å². The van der Waals surface area contributed by atoms with Gasteiger partial charge in [0.05, 0.1) is 12.0 Å². The van der Waals surface area contributed by atoms with E-state index in [1.54, 1.807) is 44.4 Å². The molecule has 0 fully saturated rings. The Morgan fingerprint density at radius 3 is 2.29 bits per heavy atom. The fraction of sp³-hybridized carbons (Fsp3) is 0.381. The Labute approximate surface area is 167 Å². The van der Waals surface area contributed by atoms with Crippen LogP contribution in [-0.4, -0.2) is 28.0 Å². The maximum atomic E-state index is 12.7. The Morgan fingerprint density at radius 2 is 1.71 bits per heavy atom. The van der Waals surface area contributed by atoms with Crippen LogP contribution in [0.2, 0.25) is 0 Å². The summed E-state index contributed by atoms with van der Waals surface area (Å²) in [6.45, 7) is 6.54. The lowest BCUT2D eigenvalue weighted by atomic mass is 10.0. The molecule has 0 atom stereocenters. The van der Waals surface area contributed by atoms with Gasteiger partial charge in [-0.25, -0.2) is 8.42 Å². The molecular weight excluding hydrogens is 376 g/mol. The predicted molar refractivity (Wildman–Crippen MR) is 111 cm³/mol. The van der Waals surface area contributed by atoms with Gasteiger partial charge < -0.3 is 10.1 Å². The summed E-state index contributed by atoms with van der Waals surface area (Å²) in [4.78, 5) is 12.6. The molecule has 0 aromatic heterocycles. The molecule has 0 bridgehead atoms. The van der Waals surface area contributed by atoms with Crippen LogP contribution in [0.4, 0.5) is 5.69 Å². The number of ether oxygens (including phenoxy) is 1. The van der Waals surface area contributed by atoms with E-state index in [2.05, 4.69) is 23.9 Å². The number of aryl methyl sites for hydroxylation is 1. The average molecular weight is 405 g/mol. The Kier molecular flexibility index (Phi) is 7.45. The largest absolute Gasteiger partial charge is 0.497 e. The second kappa shape index (κ2) is 9.59. The zero-order valence-electron chi connectivity index (χ0n) is 16.8. The highest BCUT2D eigenvalue weighted by Crippen LogP contribution is 2.21. The minimum atomic E-state index is -3.82. The maximum Gasteiger partial charge on any atom is 0.261 e. The van der Waals surface area contributed by atoms with Crippen molar-refractivity contribution in [2.45, 2.75) is 38.5 Å². The number of benzene rings is 2. The van der Waals surface area contributed by atoms with Crippen LogP contribution < -0.4 is 14.8 Å². The number of rotatable bonds is 9. The van der Waals surface area contributed by atoms with Gasteiger partial charge in [-0.05, 0) is 54.8 Å². The molecule has 0 aliphatic rings. The zero-order valence-corrected chi connectivity index (χ0v) is 17.6. The molecule has 7 heteroatoms. The second-order valence-corrected chi connectivity index (χ2v) is 8.39. The molecule has 0 radical (unpaired) electrons. The standard InChI is InChI=1S/C21H28N2O4S/c1-5-16(6-2)14-22-21(24)20-13-19(12-7-15(20)3)28(25,26)23-17-8-10-18(27-4)11-9-17/h7-13,16,23H,5-6,14H2,1-4H3,(H,22,24). The number of anilines is 1. The van der Waals surface area contributed by atoms with Gasteiger partial charge in [0.2, 0.25) is 0 Å². The summed E-state index contributed by atoms with van der Waals surface area (Å²) >= 11 is 0. The molecule has 28 heavy (non-hydrogen) atoms. The van der Waals surface area contributed by atoms with Crippen LogP contribution in [0.3, 0.4) is 0 Å². The number of hydrogen-bond acceptors (Lipinski definition) is 4. The van der Waals surface area contributed by atoms with Crippen molar-refractivity contribution < 1.29 is 17.9 Å². The number of hydrogen-bond donors (Lipinski definition) is 2.